The Bertz CT molecular complexity index is 952. The van der Waals surface area contributed by atoms with Gasteiger partial charge in [-0.15, -0.1) is 0 Å². The van der Waals surface area contributed by atoms with Gasteiger partial charge in [0.2, 0.25) is 0 Å². The van der Waals surface area contributed by atoms with Crippen molar-refractivity contribution in [3.8, 4) is 0 Å². The molecule has 0 aliphatic carbocycles. The second-order valence-electron chi connectivity index (χ2n) is 7.19. The molecule has 8 nitrogen and oxygen atoms in total. The van der Waals surface area contributed by atoms with E-state index >= 15 is 0 Å². The van der Waals surface area contributed by atoms with Crippen molar-refractivity contribution in [3.63, 3.8) is 0 Å². The number of nitrogens with one attached hydrogen (secondary N) is 2. The predicted molar refractivity (Wildman–Crippen MR) is 120 cm³/mol. The van der Waals surface area contributed by atoms with Gasteiger partial charge in [-0.05, 0) is 51.5 Å². The van der Waals surface area contributed by atoms with Gasteiger partial charge in [0.05, 0.1) is 12.4 Å². The third-order valence-corrected chi connectivity index (χ3v) is 5.04. The normalized spacial score (nSPS) is 12.1. The second-order valence-corrected chi connectivity index (χ2v) is 7.19. The first-order valence-corrected chi connectivity index (χ1v) is 10.4. The van der Waals surface area contributed by atoms with E-state index < -0.39 is 0 Å². The zero-order chi connectivity index (χ0) is 21.3. The third-order valence-electron chi connectivity index (χ3n) is 5.04. The molecule has 0 aromatic carbocycles. The van der Waals surface area contributed by atoms with Crippen LogP contribution in [-0.2, 0) is 0 Å². The Hall–Kier alpha value is -3.13. The highest BCUT2D eigenvalue weighted by Gasteiger charge is 2.12. The van der Waals surface area contributed by atoms with Gasteiger partial charge in [0, 0.05) is 23.8 Å². The number of carbonyl (C=O) groups excluding carboxylic acids is 1. The Morgan fingerprint density at radius 3 is 2.63 bits per heavy atom. The SMILES string of the molecule is CCN(CC)CCCC(C)Nc1cnc(C(=O)Nc2nccc3cccnc23)cn1. The molecule has 1 amide bonds. The van der Waals surface area contributed by atoms with Crippen LogP contribution in [0.2, 0.25) is 0 Å². The van der Waals surface area contributed by atoms with E-state index in [2.05, 4.69) is 56.2 Å². The number of nitrogens with zero attached hydrogens (tertiary/aromatic N) is 5. The van der Waals surface area contributed by atoms with Crippen molar-refractivity contribution in [1.82, 2.24) is 24.8 Å². The van der Waals surface area contributed by atoms with Crippen molar-refractivity contribution in [3.05, 3.63) is 48.7 Å². The third kappa shape index (κ3) is 5.70. The van der Waals surface area contributed by atoms with Crippen LogP contribution in [0.25, 0.3) is 10.9 Å². The second kappa shape index (κ2) is 10.6. The molecule has 0 radical (unpaired) electrons. The zero-order valence-corrected chi connectivity index (χ0v) is 17.8. The molecule has 0 spiro atoms. The smallest absolute Gasteiger partial charge is 0.277 e. The van der Waals surface area contributed by atoms with Crippen LogP contribution in [0.5, 0.6) is 0 Å². The number of aromatic nitrogens is 4. The molecule has 8 heteroatoms. The Morgan fingerprint density at radius 1 is 1.07 bits per heavy atom. The average molecular weight is 408 g/mol. The molecule has 0 bridgehead atoms. The minimum Gasteiger partial charge on any atom is -0.366 e. The lowest BCUT2D eigenvalue weighted by molar-refractivity contribution is 0.102. The molecule has 0 fully saturated rings. The Kier molecular flexibility index (Phi) is 7.62. The highest BCUT2D eigenvalue weighted by Crippen LogP contribution is 2.18. The summed E-state index contributed by atoms with van der Waals surface area (Å²) in [6.45, 7) is 9.76. The van der Waals surface area contributed by atoms with Crippen LogP contribution in [0.1, 0.15) is 44.1 Å². The first-order chi connectivity index (χ1) is 14.6. The lowest BCUT2D eigenvalue weighted by atomic mass is 10.2. The van der Waals surface area contributed by atoms with Crippen LogP contribution < -0.4 is 10.6 Å². The lowest BCUT2D eigenvalue weighted by Crippen LogP contribution is -2.25. The summed E-state index contributed by atoms with van der Waals surface area (Å²) in [5, 5.41) is 7.02. The molecule has 3 heterocycles. The van der Waals surface area contributed by atoms with E-state index in [0.29, 0.717) is 17.2 Å². The molecule has 3 aromatic rings. The average Bonchev–Trinajstić information content (AvgIpc) is 2.77. The number of hydrogen-bond acceptors (Lipinski definition) is 7. The molecule has 3 aromatic heterocycles. The van der Waals surface area contributed by atoms with Gasteiger partial charge < -0.3 is 15.5 Å². The first-order valence-electron chi connectivity index (χ1n) is 10.4. The first kappa shape index (κ1) is 21.6. The summed E-state index contributed by atoms with van der Waals surface area (Å²) in [5.74, 6) is 0.697. The van der Waals surface area contributed by atoms with E-state index in [0.717, 1.165) is 37.9 Å². The summed E-state index contributed by atoms with van der Waals surface area (Å²) in [5.41, 5.74) is 0.864. The molecule has 1 atom stereocenters. The van der Waals surface area contributed by atoms with E-state index in [1.54, 1.807) is 18.6 Å². The van der Waals surface area contributed by atoms with Gasteiger partial charge in [-0.1, -0.05) is 19.9 Å². The highest BCUT2D eigenvalue weighted by molar-refractivity contribution is 6.06. The molecule has 0 saturated carbocycles. The number of amides is 1. The number of carbonyl (C=O) groups is 1. The Balaban J connectivity index is 1.55. The summed E-state index contributed by atoms with van der Waals surface area (Å²) in [7, 11) is 0. The lowest BCUT2D eigenvalue weighted by Gasteiger charge is -2.20. The van der Waals surface area contributed by atoms with Gasteiger partial charge in [0.1, 0.15) is 17.0 Å². The summed E-state index contributed by atoms with van der Waals surface area (Å²) >= 11 is 0. The monoisotopic (exact) mass is 407 g/mol. The van der Waals surface area contributed by atoms with Crippen LogP contribution in [0, 0.1) is 0 Å². The molecule has 0 aliphatic heterocycles. The molecule has 0 saturated heterocycles. The van der Waals surface area contributed by atoms with Gasteiger partial charge in [0.25, 0.3) is 5.91 Å². The molecule has 158 valence electrons. The van der Waals surface area contributed by atoms with Crippen LogP contribution >= 0.6 is 0 Å². The summed E-state index contributed by atoms with van der Waals surface area (Å²) in [6.07, 6.45) is 8.53. The van der Waals surface area contributed by atoms with Crippen LogP contribution in [0.15, 0.2) is 43.0 Å². The van der Waals surface area contributed by atoms with Crippen molar-refractivity contribution in [1.29, 1.82) is 0 Å². The van der Waals surface area contributed by atoms with E-state index in [1.807, 2.05) is 18.2 Å². The number of rotatable bonds is 10. The van der Waals surface area contributed by atoms with E-state index in [4.69, 9.17) is 0 Å². The van der Waals surface area contributed by atoms with Crippen molar-refractivity contribution in [2.45, 2.75) is 39.7 Å². The zero-order valence-electron chi connectivity index (χ0n) is 17.8. The number of hydrogen-bond donors (Lipinski definition) is 2. The van der Waals surface area contributed by atoms with Crippen molar-refractivity contribution >= 4 is 28.4 Å². The quantitative estimate of drug-likeness (QED) is 0.530. The largest absolute Gasteiger partial charge is 0.366 e. The predicted octanol–water partition coefficient (Wildman–Crippen LogP) is 3.59. The van der Waals surface area contributed by atoms with E-state index in [-0.39, 0.29) is 17.6 Å². The fourth-order valence-electron chi connectivity index (χ4n) is 3.27. The molecule has 2 N–H and O–H groups in total. The molecule has 30 heavy (non-hydrogen) atoms. The van der Waals surface area contributed by atoms with Crippen LogP contribution in [0.3, 0.4) is 0 Å². The van der Waals surface area contributed by atoms with Gasteiger partial charge in [-0.25, -0.2) is 15.0 Å². The summed E-state index contributed by atoms with van der Waals surface area (Å²) < 4.78 is 0. The fourth-order valence-corrected chi connectivity index (χ4v) is 3.27. The molecule has 0 aliphatic rings. The van der Waals surface area contributed by atoms with Crippen LogP contribution in [0.4, 0.5) is 11.6 Å². The van der Waals surface area contributed by atoms with Gasteiger partial charge in [0.15, 0.2) is 5.82 Å². The standard InChI is InChI=1S/C22H29N7O/c1-4-29(5-2)13-7-8-16(3)27-19-15-25-18(14-26-19)22(30)28-21-20-17(10-12-24-21)9-6-11-23-20/h6,9-12,14-16H,4-5,7-8,13H2,1-3H3,(H,26,27)(H,24,28,30). The van der Waals surface area contributed by atoms with Crippen molar-refractivity contribution < 1.29 is 4.79 Å². The highest BCUT2D eigenvalue weighted by atomic mass is 16.1. The number of anilines is 2. The maximum absolute atomic E-state index is 12.5. The number of fused-ring (bicyclic) bond motifs is 1. The van der Waals surface area contributed by atoms with E-state index in [1.165, 1.54) is 6.20 Å². The fraction of sp³-hybridized carbons (Fsp3) is 0.409. The maximum atomic E-state index is 12.5. The van der Waals surface area contributed by atoms with Crippen molar-refractivity contribution in [2.75, 3.05) is 30.3 Å². The van der Waals surface area contributed by atoms with Gasteiger partial charge >= 0.3 is 0 Å². The summed E-state index contributed by atoms with van der Waals surface area (Å²) in [4.78, 5) is 32.1. The van der Waals surface area contributed by atoms with E-state index in [9.17, 15) is 4.79 Å². The number of pyridine rings is 2. The minimum absolute atomic E-state index is 0.226. The molecule has 3 rings (SSSR count). The molecular formula is C22H29N7O. The molecule has 1 unspecified atom stereocenters. The maximum Gasteiger partial charge on any atom is 0.277 e. The minimum atomic E-state index is -0.369. The van der Waals surface area contributed by atoms with Gasteiger partial charge in [-0.2, -0.15) is 0 Å². The van der Waals surface area contributed by atoms with Crippen molar-refractivity contribution in [2.24, 2.45) is 0 Å². The van der Waals surface area contributed by atoms with Gasteiger partial charge in [-0.3, -0.25) is 9.78 Å². The van der Waals surface area contributed by atoms with Crippen LogP contribution in [-0.4, -0.2) is 56.4 Å². The molecular weight excluding hydrogens is 378 g/mol. The topological polar surface area (TPSA) is 95.9 Å². The Labute approximate surface area is 177 Å². The Morgan fingerprint density at radius 2 is 1.90 bits per heavy atom. The summed E-state index contributed by atoms with van der Waals surface area (Å²) in [6, 6.07) is 5.89.